The van der Waals surface area contributed by atoms with Crippen molar-refractivity contribution < 1.29 is 18.0 Å². The highest BCUT2D eigenvalue weighted by Crippen LogP contribution is 2.21. The molecule has 18 heavy (non-hydrogen) atoms. The Morgan fingerprint density at radius 2 is 1.89 bits per heavy atom. The van der Waals surface area contributed by atoms with Crippen molar-refractivity contribution in [2.75, 3.05) is 11.9 Å². The van der Waals surface area contributed by atoms with Crippen molar-refractivity contribution in [1.29, 1.82) is 0 Å². The lowest BCUT2D eigenvalue weighted by Gasteiger charge is -2.12. The first-order chi connectivity index (χ1) is 8.45. The van der Waals surface area contributed by atoms with Gasteiger partial charge in [0, 0.05) is 18.1 Å². The second-order valence-corrected chi connectivity index (χ2v) is 4.07. The van der Waals surface area contributed by atoms with Gasteiger partial charge < -0.3 is 11.1 Å². The summed E-state index contributed by atoms with van der Waals surface area (Å²) in [6.45, 7) is 2.07. The predicted octanol–water partition coefficient (Wildman–Crippen LogP) is 2.42. The summed E-state index contributed by atoms with van der Waals surface area (Å²) < 4.78 is 39.2. The standard InChI is InChI=1S/C12H15F3N2O/c1-7(3-2-4-16)12(18)17-11-9(14)5-8(13)6-10(11)15/h5-7H,2-4,16H2,1H3,(H,17,18). The van der Waals surface area contributed by atoms with Crippen molar-refractivity contribution in [1.82, 2.24) is 0 Å². The summed E-state index contributed by atoms with van der Waals surface area (Å²) in [5.74, 6) is -4.23. The maximum atomic E-state index is 13.3. The van der Waals surface area contributed by atoms with E-state index in [2.05, 4.69) is 5.32 Å². The number of carbonyl (C=O) groups is 1. The second kappa shape index (κ2) is 6.39. The number of nitrogens with one attached hydrogen (secondary N) is 1. The lowest BCUT2D eigenvalue weighted by molar-refractivity contribution is -0.119. The van der Waals surface area contributed by atoms with Gasteiger partial charge >= 0.3 is 0 Å². The van der Waals surface area contributed by atoms with E-state index < -0.39 is 35.0 Å². The van der Waals surface area contributed by atoms with Crippen LogP contribution in [0.4, 0.5) is 18.9 Å². The van der Waals surface area contributed by atoms with Crippen molar-refractivity contribution in [2.24, 2.45) is 11.7 Å². The average Bonchev–Trinajstić information content (AvgIpc) is 2.30. The lowest BCUT2D eigenvalue weighted by atomic mass is 10.0. The fourth-order valence-corrected chi connectivity index (χ4v) is 1.46. The molecule has 1 rings (SSSR count). The van der Waals surface area contributed by atoms with Gasteiger partial charge in [0.25, 0.3) is 0 Å². The molecule has 1 aromatic carbocycles. The minimum Gasteiger partial charge on any atom is -0.330 e. The first kappa shape index (κ1) is 14.5. The van der Waals surface area contributed by atoms with Crippen LogP contribution in [0.5, 0.6) is 0 Å². The molecule has 3 nitrogen and oxygen atoms in total. The van der Waals surface area contributed by atoms with Crippen molar-refractivity contribution in [3.05, 3.63) is 29.6 Å². The van der Waals surface area contributed by atoms with Gasteiger partial charge in [-0.05, 0) is 19.4 Å². The van der Waals surface area contributed by atoms with Gasteiger partial charge in [-0.3, -0.25) is 4.79 Å². The van der Waals surface area contributed by atoms with Gasteiger partial charge in [-0.25, -0.2) is 13.2 Å². The van der Waals surface area contributed by atoms with Crippen LogP contribution >= 0.6 is 0 Å². The van der Waals surface area contributed by atoms with E-state index in [1.807, 2.05) is 0 Å². The molecule has 1 unspecified atom stereocenters. The third-order valence-corrected chi connectivity index (χ3v) is 2.54. The van der Waals surface area contributed by atoms with E-state index >= 15 is 0 Å². The van der Waals surface area contributed by atoms with Crippen LogP contribution in [0, 0.1) is 23.4 Å². The molecule has 0 aliphatic rings. The van der Waals surface area contributed by atoms with E-state index in [0.717, 1.165) is 0 Å². The molecule has 0 saturated carbocycles. The molecule has 6 heteroatoms. The molecule has 0 aliphatic carbocycles. The summed E-state index contributed by atoms with van der Waals surface area (Å²) in [5.41, 5.74) is 4.68. The zero-order chi connectivity index (χ0) is 13.7. The molecule has 1 atom stereocenters. The van der Waals surface area contributed by atoms with Crippen molar-refractivity contribution in [2.45, 2.75) is 19.8 Å². The Morgan fingerprint density at radius 1 is 1.33 bits per heavy atom. The van der Waals surface area contributed by atoms with Gasteiger partial charge in [0.2, 0.25) is 5.91 Å². The summed E-state index contributed by atoms with van der Waals surface area (Å²) in [6.07, 6.45) is 1.16. The number of amides is 1. The Bertz CT molecular complexity index is 414. The van der Waals surface area contributed by atoms with Crippen LogP contribution in [0.2, 0.25) is 0 Å². The number of carbonyl (C=O) groups excluding carboxylic acids is 1. The van der Waals surface area contributed by atoms with Crippen LogP contribution in [-0.2, 0) is 4.79 Å². The number of rotatable bonds is 5. The van der Waals surface area contributed by atoms with Gasteiger partial charge in [-0.1, -0.05) is 6.92 Å². The first-order valence-corrected chi connectivity index (χ1v) is 5.61. The highest BCUT2D eigenvalue weighted by atomic mass is 19.1. The first-order valence-electron chi connectivity index (χ1n) is 5.61. The molecule has 0 spiro atoms. The molecule has 1 aromatic rings. The van der Waals surface area contributed by atoms with Crippen LogP contribution in [0.1, 0.15) is 19.8 Å². The zero-order valence-corrected chi connectivity index (χ0v) is 9.97. The van der Waals surface area contributed by atoms with E-state index in [0.29, 0.717) is 31.5 Å². The molecule has 0 radical (unpaired) electrons. The maximum absolute atomic E-state index is 13.3. The number of nitrogens with two attached hydrogens (primary N) is 1. The van der Waals surface area contributed by atoms with Crippen LogP contribution in [0.15, 0.2) is 12.1 Å². The van der Waals surface area contributed by atoms with Gasteiger partial charge in [0.1, 0.15) is 11.5 Å². The van der Waals surface area contributed by atoms with Crippen molar-refractivity contribution in [3.8, 4) is 0 Å². The Kier molecular flexibility index (Phi) is 5.15. The minimum atomic E-state index is -1.13. The van der Waals surface area contributed by atoms with E-state index in [1.54, 1.807) is 6.92 Å². The summed E-state index contributed by atoms with van der Waals surface area (Å²) >= 11 is 0. The Morgan fingerprint density at radius 3 is 2.39 bits per heavy atom. The van der Waals surface area contributed by atoms with Gasteiger partial charge in [-0.15, -0.1) is 0 Å². The molecule has 0 fully saturated rings. The molecule has 0 saturated heterocycles. The van der Waals surface area contributed by atoms with Crippen molar-refractivity contribution in [3.63, 3.8) is 0 Å². The number of halogens is 3. The Labute approximate surface area is 103 Å². The van der Waals surface area contributed by atoms with E-state index in [-0.39, 0.29) is 0 Å². The molecule has 100 valence electrons. The van der Waals surface area contributed by atoms with E-state index in [4.69, 9.17) is 5.73 Å². The van der Waals surface area contributed by atoms with Crippen LogP contribution in [0.3, 0.4) is 0 Å². The summed E-state index contributed by atoms with van der Waals surface area (Å²) in [5, 5.41) is 2.12. The lowest BCUT2D eigenvalue weighted by Crippen LogP contribution is -2.22. The number of hydrogen-bond donors (Lipinski definition) is 2. The molecule has 0 aliphatic heterocycles. The highest BCUT2D eigenvalue weighted by Gasteiger charge is 2.18. The molecule has 0 bridgehead atoms. The molecule has 0 aromatic heterocycles. The second-order valence-electron chi connectivity index (χ2n) is 4.07. The van der Waals surface area contributed by atoms with Gasteiger partial charge in [0.05, 0.1) is 0 Å². The fraction of sp³-hybridized carbons (Fsp3) is 0.417. The smallest absolute Gasteiger partial charge is 0.227 e. The van der Waals surface area contributed by atoms with E-state index in [9.17, 15) is 18.0 Å². The Balaban J connectivity index is 2.76. The van der Waals surface area contributed by atoms with Gasteiger partial charge in [-0.2, -0.15) is 0 Å². The van der Waals surface area contributed by atoms with Crippen LogP contribution in [-0.4, -0.2) is 12.5 Å². The highest BCUT2D eigenvalue weighted by molar-refractivity contribution is 5.92. The number of benzene rings is 1. The molecular formula is C12H15F3N2O. The molecular weight excluding hydrogens is 245 g/mol. The third kappa shape index (κ3) is 3.73. The van der Waals surface area contributed by atoms with Crippen molar-refractivity contribution >= 4 is 11.6 Å². The normalized spacial score (nSPS) is 12.3. The largest absolute Gasteiger partial charge is 0.330 e. The number of hydrogen-bond acceptors (Lipinski definition) is 2. The summed E-state index contributed by atoms with van der Waals surface area (Å²) in [4.78, 5) is 11.6. The average molecular weight is 260 g/mol. The SMILES string of the molecule is CC(CCCN)C(=O)Nc1c(F)cc(F)cc1F. The van der Waals surface area contributed by atoms with E-state index in [1.165, 1.54) is 0 Å². The molecule has 3 N–H and O–H groups in total. The predicted molar refractivity (Wildman–Crippen MR) is 62.4 cm³/mol. The topological polar surface area (TPSA) is 55.1 Å². The summed E-state index contributed by atoms with van der Waals surface area (Å²) in [6, 6.07) is 1.03. The monoisotopic (exact) mass is 260 g/mol. The zero-order valence-electron chi connectivity index (χ0n) is 9.97. The third-order valence-electron chi connectivity index (χ3n) is 2.54. The quantitative estimate of drug-likeness (QED) is 0.854. The van der Waals surface area contributed by atoms with Crippen LogP contribution in [0.25, 0.3) is 0 Å². The number of anilines is 1. The molecule has 0 heterocycles. The fourth-order valence-electron chi connectivity index (χ4n) is 1.46. The summed E-state index contributed by atoms with van der Waals surface area (Å²) in [7, 11) is 0. The molecule has 1 amide bonds. The minimum absolute atomic E-state index is 0.419. The maximum Gasteiger partial charge on any atom is 0.227 e. The Hall–Kier alpha value is -1.56. The van der Waals surface area contributed by atoms with Gasteiger partial charge in [0.15, 0.2) is 11.6 Å². The van der Waals surface area contributed by atoms with Crippen LogP contribution < -0.4 is 11.1 Å².